The van der Waals surface area contributed by atoms with Crippen LogP contribution in [0.1, 0.15) is 24.2 Å². The molecule has 0 saturated carbocycles. The van der Waals surface area contributed by atoms with Crippen LogP contribution < -0.4 is 5.32 Å². The Morgan fingerprint density at radius 3 is 2.68 bits per heavy atom. The topological polar surface area (TPSA) is 45.2 Å². The van der Waals surface area contributed by atoms with Crippen LogP contribution in [-0.4, -0.2) is 10.1 Å². The van der Waals surface area contributed by atoms with E-state index >= 15 is 0 Å². The summed E-state index contributed by atoms with van der Waals surface area (Å²) < 4.78 is 13.7. The van der Waals surface area contributed by atoms with Crippen molar-refractivity contribution in [1.29, 1.82) is 0 Å². The zero-order valence-corrected chi connectivity index (χ0v) is 12.2. The summed E-state index contributed by atoms with van der Waals surface area (Å²) in [5.74, 6) is -0.502. The summed E-state index contributed by atoms with van der Waals surface area (Å²) in [6, 6.07) is 7.61. The second-order valence-corrected chi connectivity index (χ2v) is 5.15. The molecule has 1 unspecified atom stereocenters. The van der Waals surface area contributed by atoms with Crippen molar-refractivity contribution < 1.29 is 9.50 Å². The fourth-order valence-electron chi connectivity index (χ4n) is 1.88. The Balaban J connectivity index is 2.23. The first-order chi connectivity index (χ1) is 8.97. The number of nitrogens with zero attached hydrogens (tertiary/aromatic N) is 1. The van der Waals surface area contributed by atoms with Crippen molar-refractivity contribution in [2.75, 3.05) is 5.32 Å². The smallest absolute Gasteiger partial charge is 0.126 e. The van der Waals surface area contributed by atoms with E-state index in [1.165, 1.54) is 6.07 Å². The van der Waals surface area contributed by atoms with E-state index < -0.39 is 5.82 Å². The number of halogens is 2. The number of nitrogens with one attached hydrogen (secondary N) is 1. The molecule has 2 N–H and O–H groups in total. The highest BCUT2D eigenvalue weighted by Crippen LogP contribution is 2.28. The quantitative estimate of drug-likeness (QED) is 0.833. The van der Waals surface area contributed by atoms with E-state index in [2.05, 4.69) is 26.2 Å². The molecular weight excluding hydrogens is 311 g/mol. The van der Waals surface area contributed by atoms with Crippen LogP contribution in [0.25, 0.3) is 0 Å². The minimum absolute atomic E-state index is 0.0530. The van der Waals surface area contributed by atoms with Crippen LogP contribution in [0.2, 0.25) is 0 Å². The molecule has 19 heavy (non-hydrogen) atoms. The Morgan fingerprint density at radius 1 is 1.32 bits per heavy atom. The molecule has 0 saturated heterocycles. The largest absolute Gasteiger partial charge is 0.507 e. The van der Waals surface area contributed by atoms with Gasteiger partial charge in [0.05, 0.1) is 17.4 Å². The first kappa shape index (κ1) is 13.8. The van der Waals surface area contributed by atoms with Crippen LogP contribution in [0.5, 0.6) is 5.75 Å². The highest BCUT2D eigenvalue weighted by atomic mass is 79.9. The third kappa shape index (κ3) is 3.23. The fraction of sp³-hybridized carbons (Fsp3) is 0.214. The van der Waals surface area contributed by atoms with E-state index in [9.17, 15) is 9.50 Å². The maximum Gasteiger partial charge on any atom is 0.126 e. The number of hydrogen-bond acceptors (Lipinski definition) is 3. The minimum Gasteiger partial charge on any atom is -0.507 e. The van der Waals surface area contributed by atoms with Gasteiger partial charge >= 0.3 is 0 Å². The molecule has 100 valence electrons. The summed E-state index contributed by atoms with van der Waals surface area (Å²) in [5.41, 5.74) is 2.37. The number of anilines is 1. The number of rotatable bonds is 3. The fourth-order valence-corrected chi connectivity index (χ4v) is 2.28. The van der Waals surface area contributed by atoms with Crippen molar-refractivity contribution in [3.05, 3.63) is 52.0 Å². The predicted molar refractivity (Wildman–Crippen MR) is 76.8 cm³/mol. The van der Waals surface area contributed by atoms with E-state index in [1.807, 2.05) is 26.0 Å². The third-order valence-corrected chi connectivity index (χ3v) is 3.32. The molecule has 1 atom stereocenters. The first-order valence-electron chi connectivity index (χ1n) is 5.85. The number of phenols is 1. The lowest BCUT2D eigenvalue weighted by Gasteiger charge is -2.18. The molecule has 0 aliphatic carbocycles. The zero-order valence-electron chi connectivity index (χ0n) is 10.6. The molecule has 3 nitrogen and oxygen atoms in total. The van der Waals surface area contributed by atoms with Gasteiger partial charge in [-0.1, -0.05) is 6.07 Å². The summed E-state index contributed by atoms with van der Waals surface area (Å²) in [7, 11) is 0. The van der Waals surface area contributed by atoms with E-state index in [0.717, 1.165) is 22.1 Å². The number of hydrogen-bond donors (Lipinski definition) is 2. The predicted octanol–water partition coefficient (Wildman–Crippen LogP) is 4.17. The van der Waals surface area contributed by atoms with Crippen LogP contribution in [-0.2, 0) is 0 Å². The van der Waals surface area contributed by atoms with E-state index in [1.54, 1.807) is 6.07 Å². The molecule has 0 aliphatic rings. The monoisotopic (exact) mass is 324 g/mol. The number of aryl methyl sites for hydroxylation is 1. The second kappa shape index (κ2) is 5.57. The van der Waals surface area contributed by atoms with Crippen LogP contribution in [0.4, 0.5) is 10.1 Å². The van der Waals surface area contributed by atoms with E-state index in [-0.39, 0.29) is 11.8 Å². The average Bonchev–Trinajstić information content (AvgIpc) is 2.32. The summed E-state index contributed by atoms with van der Waals surface area (Å²) in [5, 5.41) is 13.0. The summed E-state index contributed by atoms with van der Waals surface area (Å²) in [4.78, 5) is 4.29. The molecule has 0 amide bonds. The number of pyridine rings is 1. The minimum atomic E-state index is -0.449. The molecule has 2 rings (SSSR count). The number of benzene rings is 1. The van der Waals surface area contributed by atoms with Crippen molar-refractivity contribution in [2.45, 2.75) is 19.9 Å². The second-order valence-electron chi connectivity index (χ2n) is 4.34. The van der Waals surface area contributed by atoms with Gasteiger partial charge in [-0.05, 0) is 48.0 Å². The van der Waals surface area contributed by atoms with Gasteiger partial charge in [0.15, 0.2) is 0 Å². The van der Waals surface area contributed by atoms with Crippen LogP contribution in [0.15, 0.2) is 34.9 Å². The average molecular weight is 325 g/mol. The lowest BCUT2D eigenvalue weighted by molar-refractivity contribution is 0.459. The number of phenolic OH excluding ortho intramolecular Hbond substituents is 1. The lowest BCUT2D eigenvalue weighted by Crippen LogP contribution is -2.08. The van der Waals surface area contributed by atoms with Crippen molar-refractivity contribution in [3.8, 4) is 5.75 Å². The van der Waals surface area contributed by atoms with Gasteiger partial charge in [-0.15, -0.1) is 0 Å². The molecule has 1 heterocycles. The number of aromatic hydroxyl groups is 1. The van der Waals surface area contributed by atoms with E-state index in [4.69, 9.17) is 0 Å². The SMILES string of the molecule is Cc1nc(Br)ccc1NC(C)c1ccc(F)cc1O. The van der Waals surface area contributed by atoms with Crippen LogP contribution in [0.3, 0.4) is 0 Å². The number of aromatic nitrogens is 1. The Labute approximate surface area is 119 Å². The molecule has 0 radical (unpaired) electrons. The molecule has 0 aliphatic heterocycles. The van der Waals surface area contributed by atoms with Gasteiger partial charge in [0.25, 0.3) is 0 Å². The Hall–Kier alpha value is -1.62. The molecule has 5 heteroatoms. The van der Waals surface area contributed by atoms with Gasteiger partial charge in [0.1, 0.15) is 16.2 Å². The van der Waals surface area contributed by atoms with Gasteiger partial charge in [-0.25, -0.2) is 9.37 Å². The van der Waals surface area contributed by atoms with Crippen molar-refractivity contribution >= 4 is 21.6 Å². The summed E-state index contributed by atoms with van der Waals surface area (Å²) in [6.45, 7) is 3.79. The van der Waals surface area contributed by atoms with Crippen molar-refractivity contribution in [2.24, 2.45) is 0 Å². The van der Waals surface area contributed by atoms with Gasteiger partial charge in [0.2, 0.25) is 0 Å². The first-order valence-corrected chi connectivity index (χ1v) is 6.65. The third-order valence-electron chi connectivity index (χ3n) is 2.88. The van der Waals surface area contributed by atoms with Gasteiger partial charge in [-0.3, -0.25) is 0 Å². The Morgan fingerprint density at radius 2 is 2.05 bits per heavy atom. The molecule has 2 aromatic rings. The van der Waals surface area contributed by atoms with Gasteiger partial charge < -0.3 is 10.4 Å². The van der Waals surface area contributed by atoms with E-state index in [0.29, 0.717) is 5.56 Å². The molecule has 1 aromatic heterocycles. The van der Waals surface area contributed by atoms with Crippen LogP contribution >= 0.6 is 15.9 Å². The normalized spacial score (nSPS) is 12.2. The van der Waals surface area contributed by atoms with Gasteiger partial charge in [-0.2, -0.15) is 0 Å². The van der Waals surface area contributed by atoms with Crippen LogP contribution in [0, 0.1) is 12.7 Å². The molecule has 0 bridgehead atoms. The molecular formula is C14H14BrFN2O. The highest BCUT2D eigenvalue weighted by Gasteiger charge is 2.12. The summed E-state index contributed by atoms with van der Waals surface area (Å²) >= 11 is 3.31. The summed E-state index contributed by atoms with van der Waals surface area (Å²) in [6.07, 6.45) is 0. The maximum atomic E-state index is 13.0. The molecule has 1 aromatic carbocycles. The standard InChI is InChI=1S/C14H14BrFN2O/c1-8(11-4-3-10(16)7-13(11)19)17-12-5-6-14(15)18-9(12)2/h3-8,17,19H,1-2H3. The molecule has 0 spiro atoms. The lowest BCUT2D eigenvalue weighted by atomic mass is 10.1. The maximum absolute atomic E-state index is 13.0. The molecule has 0 fully saturated rings. The van der Waals surface area contributed by atoms with Gasteiger partial charge in [0, 0.05) is 11.6 Å². The van der Waals surface area contributed by atoms with Crippen molar-refractivity contribution in [3.63, 3.8) is 0 Å². The van der Waals surface area contributed by atoms with Crippen molar-refractivity contribution in [1.82, 2.24) is 4.98 Å². The Bertz CT molecular complexity index is 604. The Kier molecular flexibility index (Phi) is 4.04. The highest BCUT2D eigenvalue weighted by molar-refractivity contribution is 9.10. The zero-order chi connectivity index (χ0) is 14.0.